The minimum Gasteiger partial charge on any atom is -0.292 e. The molecule has 0 aromatic rings. The highest BCUT2D eigenvalue weighted by atomic mass is 35.5. The summed E-state index contributed by atoms with van der Waals surface area (Å²) < 4.78 is 0. The fourth-order valence-corrected chi connectivity index (χ4v) is 0.858. The van der Waals surface area contributed by atoms with E-state index in [1.54, 1.807) is 0 Å². The maximum Gasteiger partial charge on any atom is 0.0520 e. The smallest absolute Gasteiger partial charge is 0.0520 e. The molecule has 0 aliphatic heterocycles. The lowest BCUT2D eigenvalue weighted by molar-refractivity contribution is 0.584. The van der Waals surface area contributed by atoms with Crippen LogP contribution >= 0.6 is 11.6 Å². The summed E-state index contributed by atoms with van der Waals surface area (Å²) in [6, 6.07) is 0. The molecule has 0 radical (unpaired) electrons. The average molecular weight is 176 g/mol. The number of aliphatic imine (C=N–C) groups is 1. The van der Waals surface area contributed by atoms with Crippen LogP contribution in [0.25, 0.3) is 0 Å². The molecule has 0 aliphatic carbocycles. The Labute approximate surface area is 74.9 Å². The van der Waals surface area contributed by atoms with Gasteiger partial charge in [-0.15, -0.1) is 11.6 Å². The molecule has 1 nitrogen and oxygen atoms in total. The fourth-order valence-electron chi connectivity index (χ4n) is 0.669. The Kier molecular flexibility index (Phi) is 5.57. The molecule has 0 aliphatic rings. The Hall–Kier alpha value is -0.0400. The first-order valence-corrected chi connectivity index (χ1v) is 4.69. The minimum absolute atomic E-state index is 0.0843. The van der Waals surface area contributed by atoms with E-state index < -0.39 is 0 Å². The van der Waals surface area contributed by atoms with E-state index in [-0.39, 0.29) is 5.54 Å². The Balaban J connectivity index is 3.30. The van der Waals surface area contributed by atoms with E-state index >= 15 is 0 Å². The lowest BCUT2D eigenvalue weighted by atomic mass is 10.1. The van der Waals surface area contributed by atoms with Crippen molar-refractivity contribution in [2.75, 3.05) is 5.88 Å². The predicted octanol–water partition coefficient (Wildman–Crippen LogP) is 3.26. The summed E-state index contributed by atoms with van der Waals surface area (Å²) in [4.78, 5) is 4.36. The fraction of sp³-hybridized carbons (Fsp3) is 0.889. The monoisotopic (exact) mass is 175 g/mol. The van der Waals surface area contributed by atoms with Crippen LogP contribution in [0.4, 0.5) is 0 Å². The number of nitrogens with zero attached hydrogens (tertiary/aromatic N) is 1. The SMILES string of the molecule is CC(C)(C)N=CCCCCCl. The van der Waals surface area contributed by atoms with Gasteiger partial charge < -0.3 is 0 Å². The van der Waals surface area contributed by atoms with Crippen molar-refractivity contribution in [3.05, 3.63) is 0 Å². The van der Waals surface area contributed by atoms with E-state index in [1.165, 1.54) is 0 Å². The maximum atomic E-state index is 5.53. The second-order valence-electron chi connectivity index (χ2n) is 3.67. The van der Waals surface area contributed by atoms with Crippen LogP contribution in [0.1, 0.15) is 40.0 Å². The van der Waals surface area contributed by atoms with Crippen molar-refractivity contribution in [2.45, 2.75) is 45.6 Å². The Morgan fingerprint density at radius 3 is 2.36 bits per heavy atom. The summed E-state index contributed by atoms with van der Waals surface area (Å²) >= 11 is 5.53. The number of halogens is 1. The largest absolute Gasteiger partial charge is 0.292 e. The second-order valence-corrected chi connectivity index (χ2v) is 4.05. The first-order valence-electron chi connectivity index (χ1n) is 4.16. The van der Waals surface area contributed by atoms with Gasteiger partial charge in [0, 0.05) is 5.88 Å². The van der Waals surface area contributed by atoms with Crippen molar-refractivity contribution in [1.29, 1.82) is 0 Å². The molecule has 0 saturated heterocycles. The zero-order valence-corrected chi connectivity index (χ0v) is 8.49. The summed E-state index contributed by atoms with van der Waals surface area (Å²) in [5.41, 5.74) is 0.0843. The van der Waals surface area contributed by atoms with E-state index in [1.807, 2.05) is 6.21 Å². The van der Waals surface area contributed by atoms with E-state index in [0.29, 0.717) is 0 Å². The van der Waals surface area contributed by atoms with Crippen LogP contribution in [0.3, 0.4) is 0 Å². The molecule has 0 spiro atoms. The number of hydrogen-bond donors (Lipinski definition) is 0. The third kappa shape index (κ3) is 9.96. The van der Waals surface area contributed by atoms with Gasteiger partial charge in [-0.1, -0.05) is 0 Å². The summed E-state index contributed by atoms with van der Waals surface area (Å²) in [7, 11) is 0. The van der Waals surface area contributed by atoms with Crippen molar-refractivity contribution < 1.29 is 0 Å². The molecule has 66 valence electrons. The number of hydrogen-bond acceptors (Lipinski definition) is 1. The molecular formula is C9H18ClN. The number of unbranched alkanes of at least 4 members (excludes halogenated alkanes) is 2. The Morgan fingerprint density at radius 1 is 1.27 bits per heavy atom. The van der Waals surface area contributed by atoms with E-state index in [9.17, 15) is 0 Å². The van der Waals surface area contributed by atoms with Gasteiger partial charge in [-0.2, -0.15) is 0 Å². The first-order chi connectivity index (χ1) is 5.06. The van der Waals surface area contributed by atoms with E-state index in [4.69, 9.17) is 11.6 Å². The van der Waals surface area contributed by atoms with Gasteiger partial charge in [0.15, 0.2) is 0 Å². The van der Waals surface area contributed by atoms with Crippen LogP contribution in [-0.2, 0) is 0 Å². The molecule has 0 heterocycles. The van der Waals surface area contributed by atoms with Crippen molar-refractivity contribution in [3.8, 4) is 0 Å². The quantitative estimate of drug-likeness (QED) is 0.353. The van der Waals surface area contributed by atoms with Crippen LogP contribution in [-0.4, -0.2) is 17.6 Å². The van der Waals surface area contributed by atoms with Gasteiger partial charge in [-0.25, -0.2) is 0 Å². The van der Waals surface area contributed by atoms with Gasteiger partial charge in [-0.3, -0.25) is 4.99 Å². The average Bonchev–Trinajstić information content (AvgIpc) is 1.85. The maximum absolute atomic E-state index is 5.53. The molecule has 0 bridgehead atoms. The van der Waals surface area contributed by atoms with Gasteiger partial charge in [0.1, 0.15) is 0 Å². The highest BCUT2D eigenvalue weighted by Gasteiger charge is 2.03. The summed E-state index contributed by atoms with van der Waals surface area (Å²) in [6.07, 6.45) is 5.32. The molecule has 0 N–H and O–H groups in total. The van der Waals surface area contributed by atoms with Gasteiger partial charge in [0.05, 0.1) is 5.54 Å². The summed E-state index contributed by atoms with van der Waals surface area (Å²) in [6.45, 7) is 6.31. The summed E-state index contributed by atoms with van der Waals surface area (Å²) in [5.74, 6) is 0.767. The summed E-state index contributed by atoms with van der Waals surface area (Å²) in [5, 5.41) is 0. The first kappa shape index (κ1) is 11.0. The lowest BCUT2D eigenvalue weighted by Crippen LogP contribution is -2.09. The molecule has 0 unspecified atom stereocenters. The minimum atomic E-state index is 0.0843. The molecule has 0 rings (SSSR count). The van der Waals surface area contributed by atoms with Crippen LogP contribution in [0.2, 0.25) is 0 Å². The molecule has 0 fully saturated rings. The molecule has 0 aromatic carbocycles. The van der Waals surface area contributed by atoms with Crippen molar-refractivity contribution in [2.24, 2.45) is 4.99 Å². The van der Waals surface area contributed by atoms with Gasteiger partial charge in [-0.05, 0) is 46.2 Å². The molecule has 2 heteroatoms. The Morgan fingerprint density at radius 2 is 1.91 bits per heavy atom. The third-order valence-electron chi connectivity index (χ3n) is 1.20. The van der Waals surface area contributed by atoms with Gasteiger partial charge in [0.2, 0.25) is 0 Å². The van der Waals surface area contributed by atoms with Crippen molar-refractivity contribution >= 4 is 17.8 Å². The van der Waals surface area contributed by atoms with Gasteiger partial charge >= 0.3 is 0 Å². The third-order valence-corrected chi connectivity index (χ3v) is 1.46. The van der Waals surface area contributed by atoms with Crippen LogP contribution < -0.4 is 0 Å². The lowest BCUT2D eigenvalue weighted by Gasteiger charge is -2.10. The van der Waals surface area contributed by atoms with E-state index in [0.717, 1.165) is 25.1 Å². The van der Waals surface area contributed by atoms with Gasteiger partial charge in [0.25, 0.3) is 0 Å². The van der Waals surface area contributed by atoms with Crippen molar-refractivity contribution in [1.82, 2.24) is 0 Å². The number of rotatable bonds is 4. The van der Waals surface area contributed by atoms with Crippen LogP contribution in [0, 0.1) is 0 Å². The number of alkyl halides is 1. The highest BCUT2D eigenvalue weighted by molar-refractivity contribution is 6.17. The zero-order valence-electron chi connectivity index (χ0n) is 7.73. The van der Waals surface area contributed by atoms with E-state index in [2.05, 4.69) is 25.8 Å². The second kappa shape index (κ2) is 5.59. The highest BCUT2D eigenvalue weighted by Crippen LogP contribution is 2.05. The molecule has 0 atom stereocenters. The molecular weight excluding hydrogens is 158 g/mol. The van der Waals surface area contributed by atoms with Crippen molar-refractivity contribution in [3.63, 3.8) is 0 Å². The predicted molar refractivity (Wildman–Crippen MR) is 52.8 cm³/mol. The molecule has 0 aromatic heterocycles. The normalized spacial score (nSPS) is 12.7. The topological polar surface area (TPSA) is 12.4 Å². The van der Waals surface area contributed by atoms with Crippen LogP contribution in [0.15, 0.2) is 4.99 Å². The Bertz CT molecular complexity index is 113. The molecule has 0 saturated carbocycles. The van der Waals surface area contributed by atoms with Crippen LogP contribution in [0.5, 0.6) is 0 Å². The zero-order chi connectivity index (χ0) is 8.74. The molecule has 11 heavy (non-hydrogen) atoms. The molecule has 0 amide bonds. The standard InChI is InChI=1S/C9H18ClN/c1-9(2,3)11-8-6-4-5-7-10/h8H,4-7H2,1-3H3.